The molecular weight excluding hydrogens is 328 g/mol. The summed E-state index contributed by atoms with van der Waals surface area (Å²) in [6.07, 6.45) is 0. The van der Waals surface area contributed by atoms with E-state index in [2.05, 4.69) is 5.32 Å². The Kier molecular flexibility index (Phi) is 4.75. The van der Waals surface area contributed by atoms with Crippen LogP contribution in [-0.2, 0) is 0 Å². The lowest BCUT2D eigenvalue weighted by molar-refractivity contribution is 0.103. The number of amides is 1. The van der Waals surface area contributed by atoms with Gasteiger partial charge in [-0.1, -0.05) is 24.3 Å². The van der Waals surface area contributed by atoms with Gasteiger partial charge in [0.15, 0.2) is 0 Å². The van der Waals surface area contributed by atoms with Gasteiger partial charge in [0.25, 0.3) is 5.91 Å². The summed E-state index contributed by atoms with van der Waals surface area (Å²) in [5.74, 6) is -0.560. The number of halogens is 1. The second-order valence-corrected chi connectivity index (χ2v) is 6.20. The number of benzene rings is 2. The van der Waals surface area contributed by atoms with Crippen molar-refractivity contribution in [2.45, 2.75) is 0 Å². The molecule has 0 bridgehead atoms. The Hall–Kier alpha value is -2.48. The summed E-state index contributed by atoms with van der Waals surface area (Å²) >= 11 is 1.31. The maximum absolute atomic E-state index is 13.0. The first kappa shape index (κ1) is 16.4. The number of thiophene rings is 1. The van der Waals surface area contributed by atoms with Gasteiger partial charge in [0, 0.05) is 10.6 Å². The van der Waals surface area contributed by atoms with Crippen molar-refractivity contribution < 1.29 is 19.2 Å². The van der Waals surface area contributed by atoms with Crippen LogP contribution in [0.3, 0.4) is 0 Å². The highest BCUT2D eigenvalue weighted by Gasteiger charge is 2.13. The Labute approximate surface area is 142 Å². The molecule has 0 saturated carbocycles. The predicted octanol–water partition coefficient (Wildman–Crippen LogP) is 2.49. The largest absolute Gasteiger partial charge is 0.488 e. The highest BCUT2D eigenvalue weighted by atomic mass is 32.1. The van der Waals surface area contributed by atoms with Crippen LogP contribution in [0, 0.1) is 5.82 Å². The molecule has 1 heterocycles. The molecule has 0 aliphatic rings. The number of hydrogen-bond donors (Lipinski definition) is 3. The van der Waals surface area contributed by atoms with Gasteiger partial charge in [-0.3, -0.25) is 4.79 Å². The molecule has 0 atom stereocenters. The lowest BCUT2D eigenvalue weighted by Crippen LogP contribution is -2.29. The van der Waals surface area contributed by atoms with Crippen molar-refractivity contribution in [3.63, 3.8) is 0 Å². The zero-order valence-electron chi connectivity index (χ0n) is 12.4. The van der Waals surface area contributed by atoms with Crippen molar-refractivity contribution in [2.24, 2.45) is 0 Å². The van der Waals surface area contributed by atoms with Crippen LogP contribution in [0.5, 0.6) is 0 Å². The second kappa shape index (κ2) is 6.96. The van der Waals surface area contributed by atoms with E-state index in [-0.39, 0.29) is 11.7 Å². The number of carbonyl (C=O) groups is 1. The zero-order valence-corrected chi connectivity index (χ0v) is 13.3. The summed E-state index contributed by atoms with van der Waals surface area (Å²) in [5.41, 5.74) is 1.76. The molecule has 7 heteroatoms. The van der Waals surface area contributed by atoms with Crippen LogP contribution < -0.4 is 10.8 Å². The third-order valence-corrected chi connectivity index (χ3v) is 4.56. The molecule has 3 N–H and O–H groups in total. The Morgan fingerprint density at radius 3 is 2.25 bits per heavy atom. The minimum Gasteiger partial charge on any atom is -0.423 e. The molecule has 2 aromatic carbocycles. The molecule has 3 aromatic rings. The van der Waals surface area contributed by atoms with E-state index in [4.69, 9.17) is 10.0 Å². The van der Waals surface area contributed by atoms with Gasteiger partial charge in [-0.15, -0.1) is 11.3 Å². The Balaban J connectivity index is 1.72. The van der Waals surface area contributed by atoms with E-state index >= 15 is 0 Å². The molecule has 4 nitrogen and oxygen atoms in total. The zero-order chi connectivity index (χ0) is 17.1. The Morgan fingerprint density at radius 1 is 0.958 bits per heavy atom. The number of anilines is 1. The SMILES string of the molecule is O=C(Nc1ccc(B(O)O)cc1)c1ccc(-c2ccc(F)cc2)s1. The summed E-state index contributed by atoms with van der Waals surface area (Å²) in [7, 11) is -1.54. The normalized spacial score (nSPS) is 10.5. The van der Waals surface area contributed by atoms with E-state index in [0.29, 0.717) is 16.0 Å². The van der Waals surface area contributed by atoms with Crippen LogP contribution in [-0.4, -0.2) is 23.1 Å². The first-order chi connectivity index (χ1) is 11.5. The summed E-state index contributed by atoms with van der Waals surface area (Å²) in [6.45, 7) is 0. The maximum Gasteiger partial charge on any atom is 0.488 e. The second-order valence-electron chi connectivity index (χ2n) is 5.12. The molecule has 1 aromatic heterocycles. The van der Waals surface area contributed by atoms with E-state index in [1.807, 2.05) is 6.07 Å². The van der Waals surface area contributed by atoms with Crippen molar-refractivity contribution >= 4 is 35.5 Å². The van der Waals surface area contributed by atoms with Crippen molar-refractivity contribution in [1.82, 2.24) is 0 Å². The van der Waals surface area contributed by atoms with Crippen LogP contribution in [0.2, 0.25) is 0 Å². The first-order valence-electron chi connectivity index (χ1n) is 7.16. The average molecular weight is 341 g/mol. The van der Waals surface area contributed by atoms with E-state index in [9.17, 15) is 9.18 Å². The van der Waals surface area contributed by atoms with Crippen LogP contribution in [0.4, 0.5) is 10.1 Å². The monoisotopic (exact) mass is 341 g/mol. The smallest absolute Gasteiger partial charge is 0.423 e. The molecule has 0 aliphatic heterocycles. The lowest BCUT2D eigenvalue weighted by Gasteiger charge is -2.05. The van der Waals surface area contributed by atoms with Crippen LogP contribution in [0.15, 0.2) is 60.7 Å². The van der Waals surface area contributed by atoms with E-state index in [1.54, 1.807) is 30.3 Å². The fraction of sp³-hybridized carbons (Fsp3) is 0. The summed E-state index contributed by atoms with van der Waals surface area (Å²) in [6, 6.07) is 15.9. The third kappa shape index (κ3) is 3.71. The molecule has 0 radical (unpaired) electrons. The van der Waals surface area contributed by atoms with Crippen LogP contribution in [0.25, 0.3) is 10.4 Å². The number of hydrogen-bond acceptors (Lipinski definition) is 4. The lowest BCUT2D eigenvalue weighted by atomic mass is 9.80. The van der Waals surface area contributed by atoms with Crippen LogP contribution >= 0.6 is 11.3 Å². The number of rotatable bonds is 4. The highest BCUT2D eigenvalue weighted by Crippen LogP contribution is 2.28. The highest BCUT2D eigenvalue weighted by molar-refractivity contribution is 7.17. The quantitative estimate of drug-likeness (QED) is 0.639. The molecule has 0 saturated heterocycles. The van der Waals surface area contributed by atoms with E-state index < -0.39 is 7.12 Å². The fourth-order valence-corrected chi connectivity index (χ4v) is 3.07. The molecule has 0 unspecified atom stereocenters. The van der Waals surface area contributed by atoms with Gasteiger partial charge >= 0.3 is 7.12 Å². The van der Waals surface area contributed by atoms with Crippen molar-refractivity contribution in [2.75, 3.05) is 5.32 Å². The minimum absolute atomic E-state index is 0.259. The number of nitrogens with one attached hydrogen (secondary N) is 1. The Morgan fingerprint density at radius 2 is 1.62 bits per heavy atom. The Bertz CT molecular complexity index is 847. The minimum atomic E-state index is -1.54. The van der Waals surface area contributed by atoms with Gasteiger partial charge in [0.1, 0.15) is 5.82 Å². The van der Waals surface area contributed by atoms with Crippen molar-refractivity contribution in [3.8, 4) is 10.4 Å². The first-order valence-corrected chi connectivity index (χ1v) is 7.98. The standard InChI is InChI=1S/C17H13BFNO3S/c19-13-5-1-11(2-6-13)15-9-10-16(24-15)17(21)20-14-7-3-12(4-8-14)18(22)23/h1-10,22-23H,(H,20,21). The summed E-state index contributed by atoms with van der Waals surface area (Å²) in [5, 5.41) is 20.8. The van der Waals surface area contributed by atoms with E-state index in [0.717, 1.165) is 10.4 Å². The molecule has 0 aliphatic carbocycles. The summed E-state index contributed by atoms with van der Waals surface area (Å²) < 4.78 is 13.0. The van der Waals surface area contributed by atoms with Gasteiger partial charge in [0.05, 0.1) is 4.88 Å². The third-order valence-electron chi connectivity index (χ3n) is 3.43. The van der Waals surface area contributed by atoms with Gasteiger partial charge in [-0.25, -0.2) is 4.39 Å². The molecule has 120 valence electrons. The fourth-order valence-electron chi connectivity index (χ4n) is 2.16. The van der Waals surface area contributed by atoms with Crippen molar-refractivity contribution in [1.29, 1.82) is 0 Å². The maximum atomic E-state index is 13.0. The van der Waals surface area contributed by atoms with Gasteiger partial charge in [-0.05, 0) is 47.4 Å². The van der Waals surface area contributed by atoms with E-state index in [1.165, 1.54) is 35.6 Å². The van der Waals surface area contributed by atoms with Crippen LogP contribution in [0.1, 0.15) is 9.67 Å². The molecule has 24 heavy (non-hydrogen) atoms. The molecule has 3 rings (SSSR count). The molecule has 1 amide bonds. The average Bonchev–Trinajstić information content (AvgIpc) is 3.06. The number of carbonyl (C=O) groups excluding carboxylic acids is 1. The molecule has 0 fully saturated rings. The topological polar surface area (TPSA) is 69.6 Å². The summed E-state index contributed by atoms with van der Waals surface area (Å²) in [4.78, 5) is 13.7. The van der Waals surface area contributed by atoms with Gasteiger partial charge in [-0.2, -0.15) is 0 Å². The van der Waals surface area contributed by atoms with Crippen molar-refractivity contribution in [3.05, 3.63) is 71.4 Å². The molecule has 0 spiro atoms. The molecular formula is C17H13BFNO3S. The predicted molar refractivity (Wildman–Crippen MR) is 93.9 cm³/mol. The van der Waals surface area contributed by atoms with Gasteiger partial charge < -0.3 is 15.4 Å². The van der Waals surface area contributed by atoms with Gasteiger partial charge in [0.2, 0.25) is 0 Å².